The first-order valence-corrected chi connectivity index (χ1v) is 6.89. The van der Waals surface area contributed by atoms with Crippen molar-refractivity contribution in [3.63, 3.8) is 0 Å². The molecule has 0 unspecified atom stereocenters. The summed E-state index contributed by atoms with van der Waals surface area (Å²) in [5.74, 6) is 0.799. The molecular weight excluding hydrogens is 252 g/mol. The fourth-order valence-electron chi connectivity index (χ4n) is 2.68. The summed E-state index contributed by atoms with van der Waals surface area (Å²) in [7, 11) is 0. The molecule has 5 nitrogen and oxygen atoms in total. The number of aromatic amines is 1. The average Bonchev–Trinajstić information content (AvgIpc) is 2.85. The van der Waals surface area contributed by atoms with Gasteiger partial charge in [0.1, 0.15) is 5.82 Å². The number of H-pyrrole nitrogens is 1. The van der Waals surface area contributed by atoms with Crippen LogP contribution in [0.5, 0.6) is 0 Å². The Morgan fingerprint density at radius 1 is 1.25 bits per heavy atom. The second-order valence-corrected chi connectivity index (χ2v) is 5.24. The van der Waals surface area contributed by atoms with E-state index in [2.05, 4.69) is 15.3 Å². The number of pyridine rings is 2. The molecule has 104 valence electrons. The predicted molar refractivity (Wildman–Crippen MR) is 79.5 cm³/mol. The molecule has 1 fully saturated rings. The van der Waals surface area contributed by atoms with E-state index in [0.29, 0.717) is 6.04 Å². The van der Waals surface area contributed by atoms with Gasteiger partial charge in [0.05, 0.1) is 5.69 Å². The maximum Gasteiger partial charge on any atom is 0.248 e. The Morgan fingerprint density at radius 2 is 2.15 bits per heavy atom. The van der Waals surface area contributed by atoms with Crippen molar-refractivity contribution < 1.29 is 0 Å². The summed E-state index contributed by atoms with van der Waals surface area (Å²) in [5, 5.41) is 3.44. The van der Waals surface area contributed by atoms with Crippen molar-refractivity contribution in [2.75, 3.05) is 5.32 Å². The Bertz CT molecular complexity index is 652. The Morgan fingerprint density at radius 3 is 2.90 bits per heavy atom. The lowest BCUT2D eigenvalue weighted by Crippen LogP contribution is -2.21. The molecule has 1 aliphatic carbocycles. The number of nitrogens with one attached hydrogen (secondary N) is 2. The summed E-state index contributed by atoms with van der Waals surface area (Å²) < 4.78 is 0. The van der Waals surface area contributed by atoms with Gasteiger partial charge in [0.2, 0.25) is 5.56 Å². The molecule has 20 heavy (non-hydrogen) atoms. The summed E-state index contributed by atoms with van der Waals surface area (Å²) in [5.41, 5.74) is 7.51. The van der Waals surface area contributed by atoms with Gasteiger partial charge in [0, 0.05) is 29.9 Å². The molecule has 2 heterocycles. The third kappa shape index (κ3) is 2.72. The van der Waals surface area contributed by atoms with Gasteiger partial charge >= 0.3 is 0 Å². The first-order valence-electron chi connectivity index (χ1n) is 6.89. The van der Waals surface area contributed by atoms with Gasteiger partial charge in [0.15, 0.2) is 0 Å². The number of nitrogens with two attached hydrogens (primary N) is 1. The van der Waals surface area contributed by atoms with Crippen molar-refractivity contribution in [1.82, 2.24) is 9.97 Å². The molecule has 0 aromatic carbocycles. The van der Waals surface area contributed by atoms with Crippen LogP contribution in [-0.4, -0.2) is 22.1 Å². The van der Waals surface area contributed by atoms with E-state index in [0.717, 1.165) is 36.3 Å². The number of nitrogens with zero attached hydrogens (tertiary/aromatic N) is 1. The van der Waals surface area contributed by atoms with E-state index in [4.69, 9.17) is 5.73 Å². The van der Waals surface area contributed by atoms with Crippen molar-refractivity contribution in [2.45, 2.75) is 31.3 Å². The summed E-state index contributed by atoms with van der Waals surface area (Å²) in [6.45, 7) is 0. The third-order valence-corrected chi connectivity index (χ3v) is 3.68. The molecular formula is C15H18N4O. The molecule has 2 aromatic heterocycles. The molecule has 0 bridgehead atoms. The molecule has 3 rings (SSSR count). The molecule has 2 atom stereocenters. The van der Waals surface area contributed by atoms with E-state index in [1.54, 1.807) is 12.3 Å². The fraction of sp³-hybridized carbons (Fsp3) is 0.333. The molecule has 0 radical (unpaired) electrons. The van der Waals surface area contributed by atoms with Gasteiger partial charge in [-0.2, -0.15) is 0 Å². The van der Waals surface area contributed by atoms with Crippen LogP contribution in [0.25, 0.3) is 11.3 Å². The molecule has 0 spiro atoms. The van der Waals surface area contributed by atoms with Gasteiger partial charge in [-0.25, -0.2) is 4.98 Å². The number of hydrogen-bond acceptors (Lipinski definition) is 4. The van der Waals surface area contributed by atoms with E-state index in [1.807, 2.05) is 18.2 Å². The lowest BCUT2D eigenvalue weighted by Gasteiger charge is -2.16. The molecule has 0 aliphatic heterocycles. The van der Waals surface area contributed by atoms with E-state index in [1.165, 1.54) is 6.07 Å². The van der Waals surface area contributed by atoms with Crippen molar-refractivity contribution in [1.29, 1.82) is 0 Å². The highest BCUT2D eigenvalue weighted by atomic mass is 16.1. The Labute approximate surface area is 117 Å². The third-order valence-electron chi connectivity index (χ3n) is 3.68. The van der Waals surface area contributed by atoms with E-state index < -0.39 is 0 Å². The summed E-state index contributed by atoms with van der Waals surface area (Å²) in [4.78, 5) is 18.7. The van der Waals surface area contributed by atoms with Crippen LogP contribution in [0, 0.1) is 0 Å². The predicted octanol–water partition coefficient (Wildman–Crippen LogP) is 1.73. The Hall–Kier alpha value is -2.14. The quantitative estimate of drug-likeness (QED) is 0.793. The minimum atomic E-state index is -0.111. The number of hydrogen-bond donors (Lipinski definition) is 3. The highest BCUT2D eigenvalue weighted by Crippen LogP contribution is 2.27. The van der Waals surface area contributed by atoms with Crippen LogP contribution >= 0.6 is 0 Å². The normalized spacial score (nSPS) is 21.9. The fourth-order valence-corrected chi connectivity index (χ4v) is 2.68. The Balaban J connectivity index is 1.90. The average molecular weight is 270 g/mol. The lowest BCUT2D eigenvalue weighted by atomic mass is 10.1. The van der Waals surface area contributed by atoms with Crippen LogP contribution < -0.4 is 16.6 Å². The number of rotatable bonds is 3. The smallest absolute Gasteiger partial charge is 0.248 e. The molecule has 4 N–H and O–H groups in total. The molecule has 5 heteroatoms. The minimum Gasteiger partial charge on any atom is -0.367 e. The largest absolute Gasteiger partial charge is 0.367 e. The molecule has 0 amide bonds. The van der Waals surface area contributed by atoms with E-state index in [-0.39, 0.29) is 11.6 Å². The van der Waals surface area contributed by atoms with Crippen LogP contribution in [0.1, 0.15) is 19.3 Å². The topological polar surface area (TPSA) is 83.8 Å². The highest BCUT2D eigenvalue weighted by Gasteiger charge is 2.22. The van der Waals surface area contributed by atoms with E-state index >= 15 is 0 Å². The molecule has 1 saturated carbocycles. The zero-order chi connectivity index (χ0) is 13.9. The van der Waals surface area contributed by atoms with Crippen molar-refractivity contribution in [3.8, 4) is 11.3 Å². The van der Waals surface area contributed by atoms with Crippen LogP contribution in [0.15, 0.2) is 41.3 Å². The van der Waals surface area contributed by atoms with Gasteiger partial charge < -0.3 is 16.0 Å². The summed E-state index contributed by atoms with van der Waals surface area (Å²) in [6, 6.07) is 9.58. The first kappa shape index (κ1) is 12.9. The van der Waals surface area contributed by atoms with Gasteiger partial charge in [-0.1, -0.05) is 6.07 Å². The standard InChI is InChI=1S/C15H18N4O/c16-10-6-7-11(9-10)18-15-12(3-2-8-17-15)13-4-1-5-14(20)19-13/h1-5,8,10-11H,6-7,9,16H2,(H,17,18)(H,19,20)/t10-,11-/m0/s1. The molecule has 0 saturated heterocycles. The first-order chi connectivity index (χ1) is 9.72. The van der Waals surface area contributed by atoms with Crippen LogP contribution in [0.2, 0.25) is 0 Å². The molecule has 1 aliphatic rings. The second-order valence-electron chi connectivity index (χ2n) is 5.24. The maximum atomic E-state index is 11.4. The van der Waals surface area contributed by atoms with Crippen LogP contribution in [0.3, 0.4) is 0 Å². The van der Waals surface area contributed by atoms with Crippen molar-refractivity contribution in [3.05, 3.63) is 46.9 Å². The Kier molecular flexibility index (Phi) is 3.52. The van der Waals surface area contributed by atoms with E-state index in [9.17, 15) is 4.79 Å². The van der Waals surface area contributed by atoms with Crippen molar-refractivity contribution in [2.24, 2.45) is 5.73 Å². The number of anilines is 1. The summed E-state index contributed by atoms with van der Waals surface area (Å²) in [6.07, 6.45) is 4.81. The van der Waals surface area contributed by atoms with Gasteiger partial charge in [0.25, 0.3) is 0 Å². The second kappa shape index (κ2) is 5.46. The zero-order valence-corrected chi connectivity index (χ0v) is 11.2. The molecule has 2 aromatic rings. The zero-order valence-electron chi connectivity index (χ0n) is 11.2. The monoisotopic (exact) mass is 270 g/mol. The SMILES string of the molecule is N[C@H]1CC[C@H](Nc2ncccc2-c2cccc(=O)[nH]2)C1. The van der Waals surface area contributed by atoms with Crippen LogP contribution in [-0.2, 0) is 0 Å². The van der Waals surface area contributed by atoms with Gasteiger partial charge in [-0.05, 0) is 37.5 Å². The number of aromatic nitrogens is 2. The minimum absolute atomic E-state index is 0.111. The highest BCUT2D eigenvalue weighted by molar-refractivity contribution is 5.72. The van der Waals surface area contributed by atoms with Gasteiger partial charge in [-0.3, -0.25) is 4.79 Å². The van der Waals surface area contributed by atoms with Crippen LogP contribution in [0.4, 0.5) is 5.82 Å². The summed E-state index contributed by atoms with van der Waals surface area (Å²) >= 11 is 0. The lowest BCUT2D eigenvalue weighted by molar-refractivity contribution is 0.687. The van der Waals surface area contributed by atoms with Crippen molar-refractivity contribution >= 4 is 5.82 Å². The maximum absolute atomic E-state index is 11.4. The van der Waals surface area contributed by atoms with Gasteiger partial charge in [-0.15, -0.1) is 0 Å².